The van der Waals surface area contributed by atoms with E-state index in [0.717, 1.165) is 11.3 Å². The molecule has 0 bridgehead atoms. The van der Waals surface area contributed by atoms with Gasteiger partial charge in [0.15, 0.2) is 0 Å². The Kier molecular flexibility index (Phi) is 2.85. The maximum Gasteiger partial charge on any atom is 0.105 e. The molecule has 0 radical (unpaired) electrons. The predicted octanol–water partition coefficient (Wildman–Crippen LogP) is 3.13. The van der Waals surface area contributed by atoms with Crippen LogP contribution < -0.4 is 0 Å². The SMILES string of the molecule is N#C[C@@H](Cc1ccco1)c1ccccc1. The summed E-state index contributed by atoms with van der Waals surface area (Å²) in [4.78, 5) is 0. The van der Waals surface area contributed by atoms with Crippen molar-refractivity contribution < 1.29 is 4.42 Å². The van der Waals surface area contributed by atoms with Gasteiger partial charge in [-0.1, -0.05) is 30.3 Å². The molecule has 74 valence electrons. The lowest BCUT2D eigenvalue weighted by molar-refractivity contribution is 0.501. The van der Waals surface area contributed by atoms with E-state index in [1.54, 1.807) is 6.26 Å². The molecule has 0 saturated heterocycles. The number of rotatable bonds is 3. The second kappa shape index (κ2) is 4.47. The number of nitriles is 1. The van der Waals surface area contributed by atoms with Gasteiger partial charge in [0.1, 0.15) is 5.76 Å². The third-order valence-electron chi connectivity index (χ3n) is 2.34. The van der Waals surface area contributed by atoms with E-state index >= 15 is 0 Å². The van der Waals surface area contributed by atoms with Crippen LogP contribution in [0.15, 0.2) is 53.1 Å². The molecule has 1 heterocycles. The van der Waals surface area contributed by atoms with Gasteiger partial charge in [-0.3, -0.25) is 0 Å². The Labute approximate surface area is 88.8 Å². The molecule has 2 nitrogen and oxygen atoms in total. The lowest BCUT2D eigenvalue weighted by Crippen LogP contribution is -1.98. The van der Waals surface area contributed by atoms with Crippen molar-refractivity contribution in [1.82, 2.24) is 0 Å². The standard InChI is InChI=1S/C13H11NO/c14-10-12(9-13-7-4-8-15-13)11-5-2-1-3-6-11/h1-8,12H,9H2/t12-/m1/s1. The second-order valence-corrected chi connectivity index (χ2v) is 3.38. The van der Waals surface area contributed by atoms with Crippen LogP contribution in [0.5, 0.6) is 0 Å². The van der Waals surface area contributed by atoms with Gasteiger partial charge in [-0.05, 0) is 17.7 Å². The van der Waals surface area contributed by atoms with Crippen molar-refractivity contribution in [2.75, 3.05) is 0 Å². The molecule has 0 aliphatic rings. The summed E-state index contributed by atoms with van der Waals surface area (Å²) < 4.78 is 5.24. The van der Waals surface area contributed by atoms with Crippen LogP contribution in [-0.4, -0.2) is 0 Å². The highest BCUT2D eigenvalue weighted by Crippen LogP contribution is 2.19. The largest absolute Gasteiger partial charge is 0.469 e. The molecule has 2 heteroatoms. The maximum atomic E-state index is 9.09. The van der Waals surface area contributed by atoms with Gasteiger partial charge in [0.25, 0.3) is 0 Å². The number of benzene rings is 1. The van der Waals surface area contributed by atoms with Gasteiger partial charge in [0, 0.05) is 6.42 Å². The van der Waals surface area contributed by atoms with Crippen molar-refractivity contribution in [3.8, 4) is 6.07 Å². The molecule has 0 aliphatic heterocycles. The van der Waals surface area contributed by atoms with Crippen LogP contribution in [-0.2, 0) is 6.42 Å². The summed E-state index contributed by atoms with van der Waals surface area (Å²) >= 11 is 0. The van der Waals surface area contributed by atoms with E-state index in [-0.39, 0.29) is 5.92 Å². The van der Waals surface area contributed by atoms with Gasteiger partial charge < -0.3 is 4.42 Å². The minimum absolute atomic E-state index is 0.127. The van der Waals surface area contributed by atoms with E-state index < -0.39 is 0 Å². The van der Waals surface area contributed by atoms with Crippen LogP contribution in [0.3, 0.4) is 0 Å². The van der Waals surface area contributed by atoms with Crippen molar-refractivity contribution in [3.63, 3.8) is 0 Å². The lowest BCUT2D eigenvalue weighted by Gasteiger charge is -2.06. The van der Waals surface area contributed by atoms with Crippen molar-refractivity contribution in [2.45, 2.75) is 12.3 Å². The molecule has 0 fully saturated rings. The Bertz CT molecular complexity index is 439. The van der Waals surface area contributed by atoms with Crippen molar-refractivity contribution in [3.05, 3.63) is 60.1 Å². The zero-order chi connectivity index (χ0) is 10.5. The first-order valence-corrected chi connectivity index (χ1v) is 4.87. The summed E-state index contributed by atoms with van der Waals surface area (Å²) in [7, 11) is 0. The monoisotopic (exact) mass is 197 g/mol. The minimum Gasteiger partial charge on any atom is -0.469 e. The Morgan fingerprint density at radius 3 is 2.53 bits per heavy atom. The number of hydrogen-bond donors (Lipinski definition) is 0. The van der Waals surface area contributed by atoms with Crippen LogP contribution in [0, 0.1) is 11.3 Å². The number of furan rings is 1. The molecular weight excluding hydrogens is 186 g/mol. The molecule has 0 N–H and O–H groups in total. The molecule has 0 unspecified atom stereocenters. The summed E-state index contributed by atoms with van der Waals surface area (Å²) in [5.74, 6) is 0.725. The van der Waals surface area contributed by atoms with Gasteiger partial charge in [0.05, 0.1) is 18.3 Å². The number of nitrogens with zero attached hydrogens (tertiary/aromatic N) is 1. The molecule has 1 atom stereocenters. The smallest absolute Gasteiger partial charge is 0.105 e. The third kappa shape index (κ3) is 2.26. The zero-order valence-electron chi connectivity index (χ0n) is 8.26. The molecule has 0 saturated carbocycles. The number of hydrogen-bond acceptors (Lipinski definition) is 2. The van der Waals surface area contributed by atoms with Crippen LogP contribution in [0.4, 0.5) is 0 Å². The Balaban J connectivity index is 2.16. The summed E-state index contributed by atoms with van der Waals surface area (Å²) in [6, 6.07) is 15.8. The molecule has 15 heavy (non-hydrogen) atoms. The highest BCUT2D eigenvalue weighted by Gasteiger charge is 2.12. The topological polar surface area (TPSA) is 36.9 Å². The second-order valence-electron chi connectivity index (χ2n) is 3.38. The van der Waals surface area contributed by atoms with E-state index in [9.17, 15) is 0 Å². The molecule has 2 aromatic rings. The molecule has 1 aromatic carbocycles. The molecule has 0 aliphatic carbocycles. The molecule has 1 aromatic heterocycles. The molecule has 2 rings (SSSR count). The molecular formula is C13H11NO. The first kappa shape index (κ1) is 9.54. The fourth-order valence-corrected chi connectivity index (χ4v) is 1.55. The maximum absolute atomic E-state index is 9.09. The Morgan fingerprint density at radius 2 is 1.93 bits per heavy atom. The zero-order valence-corrected chi connectivity index (χ0v) is 8.26. The third-order valence-corrected chi connectivity index (χ3v) is 2.34. The van der Waals surface area contributed by atoms with Crippen molar-refractivity contribution in [2.24, 2.45) is 0 Å². The van der Waals surface area contributed by atoms with Crippen LogP contribution in [0.25, 0.3) is 0 Å². The highest BCUT2D eigenvalue weighted by atomic mass is 16.3. The summed E-state index contributed by atoms with van der Waals surface area (Å²) in [6.45, 7) is 0. The van der Waals surface area contributed by atoms with Gasteiger partial charge >= 0.3 is 0 Å². The van der Waals surface area contributed by atoms with E-state index in [1.807, 2.05) is 42.5 Å². The lowest BCUT2D eigenvalue weighted by atomic mass is 9.96. The summed E-state index contributed by atoms with van der Waals surface area (Å²) in [6.07, 6.45) is 2.27. The molecule has 0 amide bonds. The van der Waals surface area contributed by atoms with Gasteiger partial charge in [-0.25, -0.2) is 0 Å². The predicted molar refractivity (Wildman–Crippen MR) is 57.2 cm³/mol. The van der Waals surface area contributed by atoms with E-state index in [4.69, 9.17) is 9.68 Å². The normalized spacial score (nSPS) is 11.9. The fourth-order valence-electron chi connectivity index (χ4n) is 1.55. The van der Waals surface area contributed by atoms with Crippen LogP contribution in [0.2, 0.25) is 0 Å². The van der Waals surface area contributed by atoms with Gasteiger partial charge in [-0.2, -0.15) is 5.26 Å². The molecule has 0 spiro atoms. The van der Waals surface area contributed by atoms with E-state index in [1.165, 1.54) is 0 Å². The van der Waals surface area contributed by atoms with Crippen molar-refractivity contribution >= 4 is 0 Å². The Morgan fingerprint density at radius 1 is 1.13 bits per heavy atom. The highest BCUT2D eigenvalue weighted by molar-refractivity contribution is 5.26. The van der Waals surface area contributed by atoms with E-state index in [0.29, 0.717) is 6.42 Å². The van der Waals surface area contributed by atoms with Crippen LogP contribution in [0.1, 0.15) is 17.2 Å². The minimum atomic E-state index is -0.127. The first-order chi connectivity index (χ1) is 7.40. The average molecular weight is 197 g/mol. The van der Waals surface area contributed by atoms with E-state index in [2.05, 4.69) is 6.07 Å². The summed E-state index contributed by atoms with van der Waals surface area (Å²) in [5, 5.41) is 9.09. The van der Waals surface area contributed by atoms with Crippen molar-refractivity contribution in [1.29, 1.82) is 5.26 Å². The quantitative estimate of drug-likeness (QED) is 0.758. The Hall–Kier alpha value is -2.01. The van der Waals surface area contributed by atoms with Crippen LogP contribution >= 0.6 is 0 Å². The fraction of sp³-hybridized carbons (Fsp3) is 0.154. The summed E-state index contributed by atoms with van der Waals surface area (Å²) in [5.41, 5.74) is 1.04. The van der Waals surface area contributed by atoms with Gasteiger partial charge in [-0.15, -0.1) is 0 Å². The first-order valence-electron chi connectivity index (χ1n) is 4.87. The average Bonchev–Trinajstić information content (AvgIpc) is 2.80. The van der Waals surface area contributed by atoms with Gasteiger partial charge in [0.2, 0.25) is 0 Å².